The molecule has 1 atom stereocenters. The van der Waals surface area contributed by atoms with Crippen molar-refractivity contribution in [1.82, 2.24) is 30.1 Å². The molecule has 4 rings (SSSR count). The molecule has 1 N–H and O–H groups in total. The van der Waals surface area contributed by atoms with Gasteiger partial charge in [-0.2, -0.15) is 0 Å². The number of likely N-dealkylation sites (tertiary alicyclic amines) is 2. The summed E-state index contributed by atoms with van der Waals surface area (Å²) in [5, 5.41) is 3.11. The first-order valence-electron chi connectivity index (χ1n) is 11.2. The Kier molecular flexibility index (Phi) is 7.37. The molecule has 4 heterocycles. The summed E-state index contributed by atoms with van der Waals surface area (Å²) < 4.78 is 0. The fourth-order valence-electron chi connectivity index (χ4n) is 4.66. The maximum atomic E-state index is 12.7. The number of amides is 1. The molecule has 2 fully saturated rings. The highest BCUT2D eigenvalue weighted by molar-refractivity contribution is 5.78. The van der Waals surface area contributed by atoms with Crippen molar-refractivity contribution in [3.8, 4) is 0 Å². The zero-order chi connectivity index (χ0) is 20.6. The van der Waals surface area contributed by atoms with Gasteiger partial charge in [-0.3, -0.25) is 29.5 Å². The molecular formula is C23H32N6O. The van der Waals surface area contributed by atoms with Gasteiger partial charge in [-0.05, 0) is 63.0 Å². The van der Waals surface area contributed by atoms with Gasteiger partial charge in [0.15, 0.2) is 0 Å². The van der Waals surface area contributed by atoms with Crippen LogP contribution in [0.3, 0.4) is 0 Å². The van der Waals surface area contributed by atoms with E-state index in [1.54, 1.807) is 18.6 Å². The van der Waals surface area contributed by atoms with E-state index in [-0.39, 0.29) is 11.8 Å². The van der Waals surface area contributed by atoms with E-state index in [0.29, 0.717) is 12.6 Å². The molecule has 2 aromatic rings. The lowest BCUT2D eigenvalue weighted by atomic mass is 9.93. The number of hydrogen-bond acceptors (Lipinski definition) is 6. The zero-order valence-electron chi connectivity index (χ0n) is 17.6. The Labute approximate surface area is 178 Å². The van der Waals surface area contributed by atoms with Gasteiger partial charge in [0.1, 0.15) is 0 Å². The fourth-order valence-corrected chi connectivity index (χ4v) is 4.66. The Hall–Kier alpha value is -2.38. The van der Waals surface area contributed by atoms with Crippen molar-refractivity contribution < 1.29 is 4.79 Å². The van der Waals surface area contributed by atoms with Gasteiger partial charge >= 0.3 is 0 Å². The van der Waals surface area contributed by atoms with Crippen molar-refractivity contribution >= 4 is 5.91 Å². The molecule has 1 amide bonds. The van der Waals surface area contributed by atoms with Crippen molar-refractivity contribution in [2.24, 2.45) is 5.92 Å². The standard InChI is InChI=1S/C23H32N6O/c30-23(27-10-5-21-16-25-11-12-26-21)20-2-1-13-29(18-20)22-6-14-28(15-7-22)17-19-3-8-24-9-4-19/h3-4,8-9,11-12,16,20,22H,1-2,5-7,10,13-15,17-18H2,(H,27,30)/t20-/m0/s1. The maximum absolute atomic E-state index is 12.7. The topological polar surface area (TPSA) is 74.2 Å². The van der Waals surface area contributed by atoms with E-state index in [9.17, 15) is 4.79 Å². The number of carbonyl (C=O) groups is 1. The molecule has 0 unspecified atom stereocenters. The van der Waals surface area contributed by atoms with Crippen molar-refractivity contribution in [3.05, 3.63) is 54.4 Å². The second-order valence-electron chi connectivity index (χ2n) is 8.43. The van der Waals surface area contributed by atoms with E-state index in [4.69, 9.17) is 0 Å². The van der Waals surface area contributed by atoms with E-state index >= 15 is 0 Å². The third-order valence-corrected chi connectivity index (χ3v) is 6.35. The molecule has 2 aliphatic heterocycles. The Morgan fingerprint density at radius 1 is 1.03 bits per heavy atom. The van der Waals surface area contributed by atoms with Crippen LogP contribution in [-0.4, -0.2) is 69.4 Å². The Morgan fingerprint density at radius 2 is 1.87 bits per heavy atom. The fraction of sp³-hybridized carbons (Fsp3) is 0.565. The van der Waals surface area contributed by atoms with Crippen LogP contribution >= 0.6 is 0 Å². The Balaban J connectivity index is 1.20. The number of piperidine rings is 2. The molecule has 0 bridgehead atoms. The van der Waals surface area contributed by atoms with E-state index in [0.717, 1.165) is 57.7 Å². The highest BCUT2D eigenvalue weighted by Gasteiger charge is 2.31. The molecule has 7 heteroatoms. The van der Waals surface area contributed by atoms with Crippen LogP contribution in [0.15, 0.2) is 43.1 Å². The second-order valence-corrected chi connectivity index (χ2v) is 8.43. The summed E-state index contributed by atoms with van der Waals surface area (Å²) >= 11 is 0. The minimum Gasteiger partial charge on any atom is -0.355 e. The zero-order valence-corrected chi connectivity index (χ0v) is 17.6. The van der Waals surface area contributed by atoms with Crippen LogP contribution in [-0.2, 0) is 17.8 Å². The SMILES string of the molecule is O=C(NCCc1cnccn1)[C@H]1CCCN(C2CCN(Cc3ccncc3)CC2)C1. The van der Waals surface area contributed by atoms with Gasteiger partial charge in [-0.1, -0.05) is 0 Å². The molecule has 160 valence electrons. The number of carbonyl (C=O) groups excluding carboxylic acids is 1. The van der Waals surface area contributed by atoms with Crippen LogP contribution in [0.25, 0.3) is 0 Å². The van der Waals surface area contributed by atoms with Crippen molar-refractivity contribution in [2.45, 2.75) is 44.7 Å². The third kappa shape index (κ3) is 5.83. The molecule has 0 saturated carbocycles. The molecule has 2 saturated heterocycles. The number of hydrogen-bond donors (Lipinski definition) is 1. The van der Waals surface area contributed by atoms with Gasteiger partial charge in [0.2, 0.25) is 5.91 Å². The van der Waals surface area contributed by atoms with Crippen LogP contribution in [0, 0.1) is 5.92 Å². The second kappa shape index (κ2) is 10.6. The average Bonchev–Trinajstić information content (AvgIpc) is 2.81. The third-order valence-electron chi connectivity index (χ3n) is 6.35. The lowest BCUT2D eigenvalue weighted by Crippen LogP contribution is -2.50. The lowest BCUT2D eigenvalue weighted by molar-refractivity contribution is -0.127. The van der Waals surface area contributed by atoms with Crippen molar-refractivity contribution in [3.63, 3.8) is 0 Å². The van der Waals surface area contributed by atoms with Gasteiger partial charge in [-0.15, -0.1) is 0 Å². The summed E-state index contributed by atoms with van der Waals surface area (Å²) in [4.78, 5) is 30.2. The molecule has 2 aliphatic rings. The Bertz CT molecular complexity index is 779. The molecule has 30 heavy (non-hydrogen) atoms. The molecule has 0 aromatic carbocycles. The maximum Gasteiger partial charge on any atom is 0.224 e. The van der Waals surface area contributed by atoms with E-state index < -0.39 is 0 Å². The summed E-state index contributed by atoms with van der Waals surface area (Å²) in [6.07, 6.45) is 14.1. The molecular weight excluding hydrogens is 376 g/mol. The first kappa shape index (κ1) is 20.9. The molecule has 0 aliphatic carbocycles. The number of nitrogens with zero attached hydrogens (tertiary/aromatic N) is 5. The van der Waals surface area contributed by atoms with Crippen LogP contribution in [0.2, 0.25) is 0 Å². The average molecular weight is 409 g/mol. The van der Waals surface area contributed by atoms with E-state index in [1.165, 1.54) is 18.4 Å². The highest BCUT2D eigenvalue weighted by Crippen LogP contribution is 2.24. The van der Waals surface area contributed by atoms with Gasteiger partial charge in [0, 0.05) is 63.1 Å². The smallest absolute Gasteiger partial charge is 0.224 e. The highest BCUT2D eigenvalue weighted by atomic mass is 16.1. The van der Waals surface area contributed by atoms with Crippen molar-refractivity contribution in [2.75, 3.05) is 32.7 Å². The summed E-state index contributed by atoms with van der Waals surface area (Å²) in [5.41, 5.74) is 2.25. The largest absolute Gasteiger partial charge is 0.355 e. The quantitative estimate of drug-likeness (QED) is 0.754. The van der Waals surface area contributed by atoms with Gasteiger partial charge in [0.05, 0.1) is 11.6 Å². The van der Waals surface area contributed by atoms with Crippen molar-refractivity contribution in [1.29, 1.82) is 0 Å². The molecule has 0 radical (unpaired) electrons. The minimum atomic E-state index is 0.107. The van der Waals surface area contributed by atoms with Crippen LogP contribution in [0.5, 0.6) is 0 Å². The number of rotatable bonds is 7. The minimum absolute atomic E-state index is 0.107. The first-order valence-corrected chi connectivity index (χ1v) is 11.2. The first-order chi connectivity index (χ1) is 14.8. The van der Waals surface area contributed by atoms with Gasteiger partial charge in [0.25, 0.3) is 0 Å². The molecule has 7 nitrogen and oxygen atoms in total. The van der Waals surface area contributed by atoms with Crippen LogP contribution in [0.4, 0.5) is 0 Å². The lowest BCUT2D eigenvalue weighted by Gasteiger charge is -2.42. The summed E-state index contributed by atoms with van der Waals surface area (Å²) in [7, 11) is 0. The van der Waals surface area contributed by atoms with Crippen LogP contribution in [0.1, 0.15) is 36.9 Å². The summed E-state index contributed by atoms with van der Waals surface area (Å²) in [5.74, 6) is 0.300. The normalized spacial score (nSPS) is 21.4. The van der Waals surface area contributed by atoms with E-state index in [1.807, 2.05) is 12.4 Å². The van der Waals surface area contributed by atoms with Gasteiger partial charge in [-0.25, -0.2) is 0 Å². The summed E-state index contributed by atoms with van der Waals surface area (Å²) in [6.45, 7) is 5.90. The van der Waals surface area contributed by atoms with Gasteiger partial charge < -0.3 is 5.32 Å². The summed E-state index contributed by atoms with van der Waals surface area (Å²) in [6, 6.07) is 4.81. The van der Waals surface area contributed by atoms with Crippen LogP contribution < -0.4 is 5.32 Å². The number of aromatic nitrogens is 3. The molecule has 2 aromatic heterocycles. The number of pyridine rings is 1. The molecule has 0 spiro atoms. The predicted molar refractivity (Wildman–Crippen MR) is 116 cm³/mol. The Morgan fingerprint density at radius 3 is 2.63 bits per heavy atom. The van der Waals surface area contributed by atoms with E-state index in [2.05, 4.69) is 42.2 Å². The predicted octanol–water partition coefficient (Wildman–Crippen LogP) is 1.91. The number of nitrogens with one attached hydrogen (secondary N) is 1. The monoisotopic (exact) mass is 408 g/mol.